The van der Waals surface area contributed by atoms with Gasteiger partial charge in [-0.05, 0) is 55.3 Å². The number of carbonyl (C=O) groups excluding carboxylic acids is 1. The van der Waals surface area contributed by atoms with Crippen molar-refractivity contribution >= 4 is 5.97 Å². The summed E-state index contributed by atoms with van der Waals surface area (Å²) in [4.78, 5) is 12.4. The van der Waals surface area contributed by atoms with Crippen molar-refractivity contribution in [1.82, 2.24) is 0 Å². The van der Waals surface area contributed by atoms with Crippen molar-refractivity contribution in [2.45, 2.75) is 103 Å². The maximum Gasteiger partial charge on any atom is 0.343 e. The highest BCUT2D eigenvalue weighted by Gasteiger charge is 2.15. The van der Waals surface area contributed by atoms with Gasteiger partial charge in [0.05, 0.1) is 12.2 Å². The summed E-state index contributed by atoms with van der Waals surface area (Å²) in [7, 11) is 0. The van der Waals surface area contributed by atoms with E-state index < -0.39 is 18.0 Å². The number of hydrogen-bond acceptors (Lipinski definition) is 4. The van der Waals surface area contributed by atoms with E-state index in [1.54, 1.807) is 24.3 Å². The van der Waals surface area contributed by atoms with Crippen LogP contribution in [-0.4, -0.2) is 25.4 Å². The molecule has 0 saturated heterocycles. The van der Waals surface area contributed by atoms with E-state index in [0.29, 0.717) is 24.5 Å². The maximum atomic E-state index is 14.4. The Labute approximate surface area is 221 Å². The molecule has 0 aliphatic rings. The molecule has 0 bridgehead atoms. The van der Waals surface area contributed by atoms with Crippen molar-refractivity contribution in [3.63, 3.8) is 0 Å². The largest absolute Gasteiger partial charge is 0.494 e. The second-order valence-corrected chi connectivity index (χ2v) is 9.59. The van der Waals surface area contributed by atoms with Crippen molar-refractivity contribution in [2.75, 3.05) is 13.2 Å². The molecule has 0 radical (unpaired) electrons. The molecule has 2 rings (SSSR count). The van der Waals surface area contributed by atoms with Crippen LogP contribution in [-0.2, 0) is 0 Å². The zero-order valence-corrected chi connectivity index (χ0v) is 22.6. The number of rotatable bonds is 20. The zero-order chi connectivity index (χ0) is 26.7. The molecule has 4 nitrogen and oxygen atoms in total. The zero-order valence-electron chi connectivity index (χ0n) is 22.6. The SMILES string of the molecule is CCCCCCCCOc1ccc(OC(=O)c2ccc(OCC(F)CCCCCCCC)c(F)c2)cc1. The van der Waals surface area contributed by atoms with Crippen LogP contribution >= 0.6 is 0 Å². The second kappa shape index (κ2) is 18.6. The number of esters is 1. The summed E-state index contributed by atoms with van der Waals surface area (Å²) in [5, 5.41) is 0. The summed E-state index contributed by atoms with van der Waals surface area (Å²) >= 11 is 0. The van der Waals surface area contributed by atoms with Crippen molar-refractivity contribution in [1.29, 1.82) is 0 Å². The van der Waals surface area contributed by atoms with E-state index >= 15 is 0 Å². The van der Waals surface area contributed by atoms with Crippen molar-refractivity contribution in [3.05, 3.63) is 53.8 Å². The minimum Gasteiger partial charge on any atom is -0.494 e. The fourth-order valence-electron chi connectivity index (χ4n) is 4.00. The third-order valence-electron chi connectivity index (χ3n) is 6.26. The van der Waals surface area contributed by atoms with E-state index in [-0.39, 0.29) is 17.9 Å². The van der Waals surface area contributed by atoms with Gasteiger partial charge in [-0.1, -0.05) is 84.5 Å². The Balaban J connectivity index is 1.71. The van der Waals surface area contributed by atoms with Gasteiger partial charge < -0.3 is 14.2 Å². The van der Waals surface area contributed by atoms with Gasteiger partial charge in [-0.15, -0.1) is 0 Å². The first-order chi connectivity index (χ1) is 18.0. The van der Waals surface area contributed by atoms with Gasteiger partial charge >= 0.3 is 5.97 Å². The molecular formula is C31H44F2O4. The summed E-state index contributed by atoms with van der Waals surface area (Å²) in [5.41, 5.74) is 0.0529. The van der Waals surface area contributed by atoms with Crippen LogP contribution in [0.15, 0.2) is 42.5 Å². The number of unbranched alkanes of at least 4 members (excludes halogenated alkanes) is 10. The van der Waals surface area contributed by atoms with Gasteiger partial charge in [0.1, 0.15) is 24.3 Å². The average Bonchev–Trinajstić information content (AvgIpc) is 2.90. The first-order valence-electron chi connectivity index (χ1n) is 14.0. The summed E-state index contributed by atoms with van der Waals surface area (Å²) < 4.78 is 44.9. The molecule has 37 heavy (non-hydrogen) atoms. The molecular weight excluding hydrogens is 474 g/mol. The number of hydrogen-bond donors (Lipinski definition) is 0. The fourth-order valence-corrected chi connectivity index (χ4v) is 4.00. The van der Waals surface area contributed by atoms with Crippen molar-refractivity contribution in [3.8, 4) is 17.2 Å². The fraction of sp³-hybridized carbons (Fsp3) is 0.581. The van der Waals surface area contributed by atoms with Crippen LogP contribution in [0.2, 0.25) is 0 Å². The minimum absolute atomic E-state index is 0.0529. The van der Waals surface area contributed by atoms with Crippen LogP contribution in [0.1, 0.15) is 108 Å². The van der Waals surface area contributed by atoms with Gasteiger partial charge in [0.25, 0.3) is 0 Å². The Morgan fingerprint density at radius 3 is 2.00 bits per heavy atom. The highest BCUT2D eigenvalue weighted by molar-refractivity contribution is 5.91. The first-order valence-corrected chi connectivity index (χ1v) is 14.0. The minimum atomic E-state index is -1.15. The number of ether oxygens (including phenoxy) is 3. The molecule has 0 spiro atoms. The topological polar surface area (TPSA) is 44.8 Å². The Hall–Kier alpha value is -2.63. The summed E-state index contributed by atoms with van der Waals surface area (Å²) in [6.07, 6.45) is 12.9. The molecule has 2 aromatic carbocycles. The lowest BCUT2D eigenvalue weighted by Gasteiger charge is -2.12. The van der Waals surface area contributed by atoms with Gasteiger partial charge in [0.15, 0.2) is 11.6 Å². The Morgan fingerprint density at radius 2 is 1.35 bits per heavy atom. The molecule has 1 atom stereocenters. The molecule has 0 saturated carbocycles. The highest BCUT2D eigenvalue weighted by atomic mass is 19.1. The number of carbonyl (C=O) groups is 1. The Bertz CT molecular complexity index is 885. The van der Waals surface area contributed by atoms with Gasteiger partial charge in [-0.25, -0.2) is 13.6 Å². The van der Waals surface area contributed by atoms with E-state index in [1.165, 1.54) is 57.1 Å². The molecule has 1 unspecified atom stereocenters. The predicted octanol–water partition coefficient (Wildman–Crippen LogP) is 9.25. The smallest absolute Gasteiger partial charge is 0.343 e. The van der Waals surface area contributed by atoms with Crippen LogP contribution in [0.25, 0.3) is 0 Å². The molecule has 0 amide bonds. The van der Waals surface area contributed by atoms with Gasteiger partial charge in [-0.2, -0.15) is 0 Å². The summed E-state index contributed by atoms with van der Waals surface area (Å²) in [6, 6.07) is 10.6. The number of alkyl halides is 1. The normalized spacial score (nSPS) is 11.8. The van der Waals surface area contributed by atoms with E-state index in [0.717, 1.165) is 38.2 Å². The van der Waals surface area contributed by atoms with E-state index in [9.17, 15) is 13.6 Å². The van der Waals surface area contributed by atoms with Crippen LogP contribution in [0.4, 0.5) is 8.78 Å². The first kappa shape index (κ1) is 30.6. The standard InChI is InChI=1S/C31H44F2O4/c1-3-5-7-9-11-13-15-26(32)24-36-30-21-16-25(23-29(30)33)31(34)37-28-19-17-27(18-20-28)35-22-14-12-10-8-6-4-2/h16-21,23,26H,3-15,22,24H2,1-2H3. The Kier molecular flexibility index (Phi) is 15.4. The van der Waals surface area contributed by atoms with Gasteiger partial charge in [0.2, 0.25) is 0 Å². The monoisotopic (exact) mass is 518 g/mol. The van der Waals surface area contributed by atoms with Crippen molar-refractivity contribution in [2.24, 2.45) is 0 Å². The molecule has 0 N–H and O–H groups in total. The summed E-state index contributed by atoms with van der Waals surface area (Å²) in [5.74, 6) is -0.428. The highest BCUT2D eigenvalue weighted by Crippen LogP contribution is 2.23. The lowest BCUT2D eigenvalue weighted by Crippen LogP contribution is -2.14. The Morgan fingerprint density at radius 1 is 0.757 bits per heavy atom. The van der Waals surface area contributed by atoms with E-state index in [1.807, 2.05) is 0 Å². The maximum absolute atomic E-state index is 14.4. The van der Waals surface area contributed by atoms with Crippen LogP contribution < -0.4 is 14.2 Å². The molecule has 2 aromatic rings. The van der Waals surface area contributed by atoms with Crippen molar-refractivity contribution < 1.29 is 27.8 Å². The van der Waals surface area contributed by atoms with E-state index in [2.05, 4.69) is 13.8 Å². The molecule has 0 aromatic heterocycles. The third-order valence-corrected chi connectivity index (χ3v) is 6.26. The number of benzene rings is 2. The molecule has 0 heterocycles. The van der Waals surface area contributed by atoms with Crippen LogP contribution in [0, 0.1) is 5.82 Å². The van der Waals surface area contributed by atoms with Crippen LogP contribution in [0.5, 0.6) is 17.2 Å². The van der Waals surface area contributed by atoms with Gasteiger partial charge in [0, 0.05) is 0 Å². The molecule has 6 heteroatoms. The predicted molar refractivity (Wildman–Crippen MR) is 145 cm³/mol. The van der Waals surface area contributed by atoms with Crippen LogP contribution in [0.3, 0.4) is 0 Å². The molecule has 206 valence electrons. The van der Waals surface area contributed by atoms with Gasteiger partial charge in [-0.3, -0.25) is 0 Å². The molecule has 0 fully saturated rings. The second-order valence-electron chi connectivity index (χ2n) is 9.59. The number of halogens is 2. The lowest BCUT2D eigenvalue weighted by molar-refractivity contribution is 0.0733. The average molecular weight is 519 g/mol. The van der Waals surface area contributed by atoms with E-state index in [4.69, 9.17) is 14.2 Å². The quantitative estimate of drug-likeness (QED) is 0.0995. The molecule has 0 aliphatic carbocycles. The lowest BCUT2D eigenvalue weighted by atomic mass is 10.1. The molecule has 0 aliphatic heterocycles. The summed E-state index contributed by atoms with van der Waals surface area (Å²) in [6.45, 7) is 4.82. The third kappa shape index (κ3) is 12.9.